The molecule has 0 radical (unpaired) electrons. The van der Waals surface area contributed by atoms with E-state index in [4.69, 9.17) is 0 Å². The Bertz CT molecular complexity index is 477. The average molecular weight is 270 g/mol. The van der Waals surface area contributed by atoms with Crippen LogP contribution in [0, 0.1) is 5.92 Å². The van der Waals surface area contributed by atoms with Crippen molar-refractivity contribution >= 4 is 15.8 Å². The van der Waals surface area contributed by atoms with Crippen molar-refractivity contribution in [2.75, 3.05) is 30.8 Å². The molecule has 1 unspecified atom stereocenters. The normalized spacial score (nSPS) is 20.9. The lowest BCUT2D eigenvalue weighted by Crippen LogP contribution is -2.41. The van der Waals surface area contributed by atoms with E-state index in [1.165, 1.54) is 6.26 Å². The number of piperidine rings is 1. The lowest BCUT2D eigenvalue weighted by molar-refractivity contribution is 0.409. The molecule has 2 rings (SSSR count). The molecule has 0 aliphatic carbocycles. The minimum Gasteiger partial charge on any atom is -0.355 e. The van der Waals surface area contributed by atoms with E-state index in [1.807, 2.05) is 0 Å². The summed E-state index contributed by atoms with van der Waals surface area (Å²) in [5, 5.41) is 0. The van der Waals surface area contributed by atoms with Crippen molar-refractivity contribution in [3.05, 3.63) is 18.6 Å². The highest BCUT2D eigenvalue weighted by Gasteiger charge is 2.21. The van der Waals surface area contributed by atoms with E-state index in [1.54, 1.807) is 18.6 Å². The van der Waals surface area contributed by atoms with E-state index >= 15 is 0 Å². The molecular formula is C11H18N4O2S. The van der Waals surface area contributed by atoms with Gasteiger partial charge in [0.05, 0.1) is 12.5 Å². The van der Waals surface area contributed by atoms with Gasteiger partial charge in [-0.15, -0.1) is 0 Å². The third-order valence-corrected chi connectivity index (χ3v) is 3.72. The molecule has 1 fully saturated rings. The number of hydrogen-bond donors (Lipinski definition) is 1. The van der Waals surface area contributed by atoms with Crippen LogP contribution < -0.4 is 9.62 Å². The molecule has 1 saturated heterocycles. The van der Waals surface area contributed by atoms with E-state index < -0.39 is 10.0 Å². The maximum Gasteiger partial charge on any atom is 0.208 e. The van der Waals surface area contributed by atoms with Crippen molar-refractivity contribution in [2.45, 2.75) is 12.8 Å². The summed E-state index contributed by atoms with van der Waals surface area (Å²) in [6.45, 7) is 2.27. The SMILES string of the molecule is CS(=O)(=O)NCC1CCCN(c2cnccn2)C1. The summed E-state index contributed by atoms with van der Waals surface area (Å²) in [6, 6.07) is 0. The largest absolute Gasteiger partial charge is 0.355 e. The molecule has 1 aliphatic rings. The first-order valence-electron chi connectivity index (χ1n) is 6.00. The Morgan fingerprint density at radius 1 is 1.50 bits per heavy atom. The van der Waals surface area contributed by atoms with Crippen LogP contribution in [0.5, 0.6) is 0 Å². The van der Waals surface area contributed by atoms with Gasteiger partial charge in [0, 0.05) is 32.0 Å². The van der Waals surface area contributed by atoms with Gasteiger partial charge in [-0.25, -0.2) is 18.1 Å². The van der Waals surface area contributed by atoms with Crippen LogP contribution in [-0.4, -0.2) is 44.3 Å². The van der Waals surface area contributed by atoms with Crippen LogP contribution in [0.1, 0.15) is 12.8 Å². The first kappa shape index (κ1) is 13.2. The van der Waals surface area contributed by atoms with Crippen LogP contribution >= 0.6 is 0 Å². The minimum absolute atomic E-state index is 0.329. The van der Waals surface area contributed by atoms with Crippen molar-refractivity contribution < 1.29 is 8.42 Å². The second-order valence-corrected chi connectivity index (χ2v) is 6.47. The van der Waals surface area contributed by atoms with Crippen LogP contribution in [0.4, 0.5) is 5.82 Å². The lowest BCUT2D eigenvalue weighted by Gasteiger charge is -2.33. The second kappa shape index (κ2) is 5.62. The van der Waals surface area contributed by atoms with Gasteiger partial charge in [0.2, 0.25) is 10.0 Å². The Kier molecular flexibility index (Phi) is 4.13. The lowest BCUT2D eigenvalue weighted by atomic mass is 9.98. The number of aromatic nitrogens is 2. The Morgan fingerprint density at radius 2 is 2.33 bits per heavy atom. The van der Waals surface area contributed by atoms with Crippen LogP contribution in [0.25, 0.3) is 0 Å². The zero-order valence-electron chi connectivity index (χ0n) is 10.4. The average Bonchev–Trinajstić information content (AvgIpc) is 2.37. The predicted octanol–water partition coefficient (Wildman–Crippen LogP) is 0.242. The highest BCUT2D eigenvalue weighted by atomic mass is 32.2. The number of nitrogens with zero attached hydrogens (tertiary/aromatic N) is 3. The fourth-order valence-corrected chi connectivity index (χ4v) is 2.70. The van der Waals surface area contributed by atoms with E-state index in [-0.39, 0.29) is 0 Å². The summed E-state index contributed by atoms with van der Waals surface area (Å²) in [4.78, 5) is 10.5. The number of sulfonamides is 1. The van der Waals surface area contributed by atoms with Gasteiger partial charge in [0.1, 0.15) is 5.82 Å². The first-order chi connectivity index (χ1) is 8.54. The van der Waals surface area contributed by atoms with Crippen molar-refractivity contribution in [3.63, 3.8) is 0 Å². The van der Waals surface area contributed by atoms with E-state index in [0.29, 0.717) is 12.5 Å². The van der Waals surface area contributed by atoms with Crippen LogP contribution in [0.3, 0.4) is 0 Å². The van der Waals surface area contributed by atoms with Gasteiger partial charge in [0.25, 0.3) is 0 Å². The molecule has 7 heteroatoms. The molecule has 100 valence electrons. The summed E-state index contributed by atoms with van der Waals surface area (Å²) in [7, 11) is -3.10. The first-order valence-corrected chi connectivity index (χ1v) is 7.89. The molecule has 1 aliphatic heterocycles. The summed E-state index contributed by atoms with van der Waals surface area (Å²) < 4.78 is 24.7. The Morgan fingerprint density at radius 3 is 3.00 bits per heavy atom. The maximum atomic E-state index is 11.1. The van der Waals surface area contributed by atoms with Gasteiger partial charge in [-0.3, -0.25) is 4.98 Å². The number of hydrogen-bond acceptors (Lipinski definition) is 5. The molecule has 1 atom stereocenters. The van der Waals surface area contributed by atoms with E-state index in [9.17, 15) is 8.42 Å². The van der Waals surface area contributed by atoms with E-state index in [2.05, 4.69) is 19.6 Å². The highest BCUT2D eigenvalue weighted by Crippen LogP contribution is 2.20. The Labute approximate surface area is 107 Å². The van der Waals surface area contributed by atoms with Crippen LogP contribution in [0.2, 0.25) is 0 Å². The summed E-state index contributed by atoms with van der Waals surface area (Å²) in [6.07, 6.45) is 8.35. The zero-order valence-corrected chi connectivity index (χ0v) is 11.2. The topological polar surface area (TPSA) is 75.2 Å². The van der Waals surface area contributed by atoms with Crippen molar-refractivity contribution in [2.24, 2.45) is 5.92 Å². The van der Waals surface area contributed by atoms with Gasteiger partial charge in [0.15, 0.2) is 0 Å². The molecule has 1 aromatic rings. The highest BCUT2D eigenvalue weighted by molar-refractivity contribution is 7.88. The number of rotatable bonds is 4. The van der Waals surface area contributed by atoms with Gasteiger partial charge >= 0.3 is 0 Å². The third kappa shape index (κ3) is 3.92. The standard InChI is InChI=1S/C11H18N4O2S/c1-18(16,17)14-7-10-3-2-6-15(9-10)11-8-12-4-5-13-11/h4-5,8,10,14H,2-3,6-7,9H2,1H3. The van der Waals surface area contributed by atoms with Crippen LogP contribution in [-0.2, 0) is 10.0 Å². The number of nitrogens with one attached hydrogen (secondary N) is 1. The Hall–Kier alpha value is -1.21. The molecule has 0 spiro atoms. The predicted molar refractivity (Wildman–Crippen MR) is 69.8 cm³/mol. The molecular weight excluding hydrogens is 252 g/mol. The summed E-state index contributed by atoms with van der Waals surface area (Å²) in [5.41, 5.74) is 0. The number of anilines is 1. The molecule has 0 bridgehead atoms. The van der Waals surface area contributed by atoms with Gasteiger partial charge < -0.3 is 4.90 Å². The maximum absolute atomic E-state index is 11.1. The minimum atomic E-state index is -3.10. The fraction of sp³-hybridized carbons (Fsp3) is 0.636. The smallest absolute Gasteiger partial charge is 0.208 e. The summed E-state index contributed by atoms with van der Waals surface area (Å²) >= 11 is 0. The monoisotopic (exact) mass is 270 g/mol. The van der Waals surface area contributed by atoms with E-state index in [0.717, 1.165) is 31.7 Å². The molecule has 18 heavy (non-hydrogen) atoms. The summed E-state index contributed by atoms with van der Waals surface area (Å²) in [5.74, 6) is 1.19. The molecule has 0 saturated carbocycles. The molecule has 1 N–H and O–H groups in total. The van der Waals surface area contributed by atoms with Gasteiger partial charge in [-0.2, -0.15) is 0 Å². The molecule has 0 amide bonds. The van der Waals surface area contributed by atoms with Gasteiger partial charge in [-0.05, 0) is 18.8 Å². The van der Waals surface area contributed by atoms with Crippen molar-refractivity contribution in [3.8, 4) is 0 Å². The molecule has 0 aromatic carbocycles. The van der Waals surface area contributed by atoms with Crippen LogP contribution in [0.15, 0.2) is 18.6 Å². The molecule has 1 aromatic heterocycles. The molecule has 2 heterocycles. The van der Waals surface area contributed by atoms with Gasteiger partial charge in [-0.1, -0.05) is 0 Å². The quantitative estimate of drug-likeness (QED) is 0.848. The fourth-order valence-electron chi connectivity index (χ4n) is 2.16. The second-order valence-electron chi connectivity index (χ2n) is 4.64. The third-order valence-electron chi connectivity index (χ3n) is 3.03. The Balaban J connectivity index is 1.93. The molecule has 6 nitrogen and oxygen atoms in total. The van der Waals surface area contributed by atoms with Crippen molar-refractivity contribution in [1.82, 2.24) is 14.7 Å². The van der Waals surface area contributed by atoms with Crippen molar-refractivity contribution in [1.29, 1.82) is 0 Å². The zero-order chi connectivity index (χ0) is 13.0.